The maximum absolute atomic E-state index is 6.26. The lowest BCUT2D eigenvalue weighted by Crippen LogP contribution is -2.01. The summed E-state index contributed by atoms with van der Waals surface area (Å²) >= 11 is 0. The van der Waals surface area contributed by atoms with Gasteiger partial charge in [0.15, 0.2) is 0 Å². The molecule has 0 atom stereocenters. The van der Waals surface area contributed by atoms with Crippen molar-refractivity contribution < 1.29 is 9.47 Å². The molecule has 4 rings (SSSR count). The number of anilines is 1. The number of nitrogens with zero attached hydrogens (tertiary/aromatic N) is 4. The number of ether oxygens (including phenoxy) is 2. The number of pyridine rings is 1. The Morgan fingerprint density at radius 3 is 2.42 bits per heavy atom. The SMILES string of the molecule is CCOc1ccc(Oc2c(/C=N\Nc3ccccn3)c(C)nn2-c2ccccc2)cc1. The van der Waals surface area contributed by atoms with Crippen LogP contribution in [0.1, 0.15) is 18.2 Å². The largest absolute Gasteiger partial charge is 0.494 e. The number of benzene rings is 2. The highest BCUT2D eigenvalue weighted by atomic mass is 16.5. The molecule has 7 heteroatoms. The van der Waals surface area contributed by atoms with Crippen LogP contribution in [0.2, 0.25) is 0 Å². The maximum Gasteiger partial charge on any atom is 0.231 e. The summed E-state index contributed by atoms with van der Waals surface area (Å²) in [6.45, 7) is 4.49. The fourth-order valence-electron chi connectivity index (χ4n) is 2.98. The van der Waals surface area contributed by atoms with Gasteiger partial charge in [-0.3, -0.25) is 5.43 Å². The predicted octanol–water partition coefficient (Wildman–Crippen LogP) is 5.21. The van der Waals surface area contributed by atoms with E-state index in [1.807, 2.05) is 86.6 Å². The van der Waals surface area contributed by atoms with E-state index in [0.29, 0.717) is 24.1 Å². The summed E-state index contributed by atoms with van der Waals surface area (Å²) in [4.78, 5) is 4.21. The second-order valence-electron chi connectivity index (χ2n) is 6.64. The Morgan fingerprint density at radius 2 is 1.71 bits per heavy atom. The Kier molecular flexibility index (Phi) is 6.23. The van der Waals surface area contributed by atoms with E-state index in [1.54, 1.807) is 17.1 Å². The molecule has 0 saturated heterocycles. The zero-order valence-corrected chi connectivity index (χ0v) is 17.4. The van der Waals surface area contributed by atoms with Crippen LogP contribution in [0, 0.1) is 6.92 Å². The Morgan fingerprint density at radius 1 is 0.968 bits per heavy atom. The molecule has 7 nitrogen and oxygen atoms in total. The molecule has 2 heterocycles. The van der Waals surface area contributed by atoms with Gasteiger partial charge >= 0.3 is 0 Å². The maximum atomic E-state index is 6.26. The number of hydrogen-bond donors (Lipinski definition) is 1. The van der Waals surface area contributed by atoms with Crippen LogP contribution in [-0.2, 0) is 0 Å². The number of nitrogens with one attached hydrogen (secondary N) is 1. The van der Waals surface area contributed by atoms with E-state index in [0.717, 1.165) is 22.7 Å². The van der Waals surface area contributed by atoms with Crippen molar-refractivity contribution in [2.45, 2.75) is 13.8 Å². The second-order valence-corrected chi connectivity index (χ2v) is 6.64. The standard InChI is InChI=1S/C24H23N5O2/c1-3-30-20-12-14-21(15-13-20)31-24-22(17-26-27-23-11-7-8-16-25-23)18(2)28-29(24)19-9-5-4-6-10-19/h4-17H,3H2,1-2H3,(H,25,27)/b26-17-. The molecule has 0 saturated carbocycles. The highest BCUT2D eigenvalue weighted by Gasteiger charge is 2.18. The van der Waals surface area contributed by atoms with Crippen LogP contribution < -0.4 is 14.9 Å². The molecule has 0 fully saturated rings. The fraction of sp³-hybridized carbons (Fsp3) is 0.125. The van der Waals surface area contributed by atoms with Gasteiger partial charge in [-0.05, 0) is 62.4 Å². The summed E-state index contributed by atoms with van der Waals surface area (Å²) < 4.78 is 13.6. The molecule has 0 unspecified atom stereocenters. The molecule has 0 aliphatic heterocycles. The average molecular weight is 413 g/mol. The van der Waals surface area contributed by atoms with Crippen LogP contribution in [0.5, 0.6) is 17.4 Å². The molecule has 0 bridgehead atoms. The van der Waals surface area contributed by atoms with Gasteiger partial charge in [0.25, 0.3) is 0 Å². The quantitative estimate of drug-likeness (QED) is 0.317. The normalized spacial score (nSPS) is 10.9. The van der Waals surface area contributed by atoms with Gasteiger partial charge in [-0.1, -0.05) is 24.3 Å². The molecule has 1 N–H and O–H groups in total. The summed E-state index contributed by atoms with van der Waals surface area (Å²) in [5.41, 5.74) is 5.38. The van der Waals surface area contributed by atoms with Crippen molar-refractivity contribution in [1.29, 1.82) is 0 Å². The van der Waals surface area contributed by atoms with Crippen LogP contribution in [0.15, 0.2) is 84.1 Å². The van der Waals surface area contributed by atoms with E-state index in [9.17, 15) is 0 Å². The number of aromatic nitrogens is 3. The first kappa shape index (κ1) is 20.2. The molecule has 156 valence electrons. The van der Waals surface area contributed by atoms with Crippen LogP contribution in [0.3, 0.4) is 0 Å². The van der Waals surface area contributed by atoms with E-state index in [2.05, 4.69) is 20.6 Å². The molecule has 0 radical (unpaired) electrons. The zero-order chi connectivity index (χ0) is 21.5. The summed E-state index contributed by atoms with van der Waals surface area (Å²) in [6, 6.07) is 22.9. The summed E-state index contributed by atoms with van der Waals surface area (Å²) in [5, 5.41) is 9.01. The van der Waals surface area contributed by atoms with E-state index in [1.165, 1.54) is 0 Å². The van der Waals surface area contributed by atoms with Crippen LogP contribution in [0.25, 0.3) is 5.69 Å². The number of rotatable bonds is 8. The number of aryl methyl sites for hydroxylation is 1. The fourth-order valence-corrected chi connectivity index (χ4v) is 2.98. The smallest absolute Gasteiger partial charge is 0.231 e. The van der Waals surface area contributed by atoms with E-state index >= 15 is 0 Å². The Labute approximate surface area is 181 Å². The number of para-hydroxylation sites is 1. The second kappa shape index (κ2) is 9.58. The molecule has 2 aromatic carbocycles. The highest BCUT2D eigenvalue weighted by Crippen LogP contribution is 2.30. The van der Waals surface area contributed by atoms with Gasteiger partial charge < -0.3 is 9.47 Å². The minimum absolute atomic E-state index is 0.569. The lowest BCUT2D eigenvalue weighted by atomic mass is 10.2. The predicted molar refractivity (Wildman–Crippen MR) is 121 cm³/mol. The molecular formula is C24H23N5O2. The van der Waals surface area contributed by atoms with Crippen molar-refractivity contribution in [3.8, 4) is 23.1 Å². The lowest BCUT2D eigenvalue weighted by molar-refractivity contribution is 0.339. The van der Waals surface area contributed by atoms with Gasteiger partial charge in [0.2, 0.25) is 5.88 Å². The van der Waals surface area contributed by atoms with Crippen molar-refractivity contribution in [1.82, 2.24) is 14.8 Å². The Balaban J connectivity index is 1.67. The topological polar surface area (TPSA) is 73.6 Å². The molecule has 0 spiro atoms. The third-order valence-corrected chi connectivity index (χ3v) is 4.45. The summed E-state index contributed by atoms with van der Waals surface area (Å²) in [6.07, 6.45) is 3.40. The van der Waals surface area contributed by atoms with E-state index in [4.69, 9.17) is 9.47 Å². The van der Waals surface area contributed by atoms with Gasteiger partial charge in [-0.15, -0.1) is 0 Å². The van der Waals surface area contributed by atoms with Gasteiger partial charge in [0.1, 0.15) is 17.3 Å². The number of hydrogen-bond acceptors (Lipinski definition) is 6. The molecular weight excluding hydrogens is 390 g/mol. The first-order valence-corrected chi connectivity index (χ1v) is 10.0. The van der Waals surface area contributed by atoms with Gasteiger partial charge in [0.05, 0.1) is 29.8 Å². The monoisotopic (exact) mass is 413 g/mol. The van der Waals surface area contributed by atoms with Gasteiger partial charge in [-0.25, -0.2) is 4.98 Å². The third-order valence-electron chi connectivity index (χ3n) is 4.45. The molecule has 2 aromatic heterocycles. The summed E-state index contributed by atoms with van der Waals surface area (Å²) in [5.74, 6) is 2.69. The Hall–Kier alpha value is -4.13. The molecule has 0 aliphatic carbocycles. The van der Waals surface area contributed by atoms with Crippen LogP contribution in [0.4, 0.5) is 5.82 Å². The lowest BCUT2D eigenvalue weighted by Gasteiger charge is -2.11. The first-order chi connectivity index (χ1) is 15.2. The van der Waals surface area contributed by atoms with Crippen molar-refractivity contribution in [2.75, 3.05) is 12.0 Å². The van der Waals surface area contributed by atoms with Crippen LogP contribution >= 0.6 is 0 Å². The third kappa shape index (κ3) is 4.90. The van der Waals surface area contributed by atoms with Gasteiger partial charge in [0, 0.05) is 6.20 Å². The molecule has 0 amide bonds. The first-order valence-electron chi connectivity index (χ1n) is 10.0. The zero-order valence-electron chi connectivity index (χ0n) is 17.4. The minimum atomic E-state index is 0.569. The number of hydrazone groups is 1. The average Bonchev–Trinajstić information content (AvgIpc) is 3.12. The summed E-state index contributed by atoms with van der Waals surface area (Å²) in [7, 11) is 0. The van der Waals surface area contributed by atoms with Gasteiger partial charge in [-0.2, -0.15) is 14.9 Å². The minimum Gasteiger partial charge on any atom is -0.494 e. The molecule has 4 aromatic rings. The van der Waals surface area contributed by atoms with Crippen molar-refractivity contribution >= 4 is 12.0 Å². The van der Waals surface area contributed by atoms with Crippen molar-refractivity contribution in [2.24, 2.45) is 5.10 Å². The van der Waals surface area contributed by atoms with Crippen molar-refractivity contribution in [3.05, 3.63) is 90.3 Å². The van der Waals surface area contributed by atoms with Crippen LogP contribution in [-0.4, -0.2) is 27.6 Å². The Bertz CT molecular complexity index is 1140. The molecule has 31 heavy (non-hydrogen) atoms. The van der Waals surface area contributed by atoms with E-state index < -0.39 is 0 Å². The molecule has 0 aliphatic rings. The van der Waals surface area contributed by atoms with Crippen molar-refractivity contribution in [3.63, 3.8) is 0 Å². The van der Waals surface area contributed by atoms with E-state index in [-0.39, 0.29) is 0 Å². The highest BCUT2D eigenvalue weighted by molar-refractivity contribution is 5.85.